The highest BCUT2D eigenvalue weighted by atomic mass is 16.9. The number of aliphatic hydroxyl groups is 2. The molecule has 1 unspecified atom stereocenters. The van der Waals surface area contributed by atoms with Gasteiger partial charge in [0.25, 0.3) is 0 Å². The van der Waals surface area contributed by atoms with Gasteiger partial charge in [0.05, 0.1) is 31.3 Å². The van der Waals surface area contributed by atoms with Gasteiger partial charge in [0.1, 0.15) is 12.2 Å². The number of carboxylic acid groups (broad SMARTS) is 1. The minimum atomic E-state index is -1.32. The Morgan fingerprint density at radius 1 is 0.973 bits per heavy atom. The van der Waals surface area contributed by atoms with E-state index in [0.29, 0.717) is 45.5 Å². The highest BCUT2D eigenvalue weighted by molar-refractivity contribution is 5.67. The topological polar surface area (TPSA) is 133 Å². The third kappa shape index (κ3) is 2.96. The molecule has 0 amide bonds. The molecule has 3 saturated heterocycles. The maximum absolute atomic E-state index is 12.5. The molecule has 7 aliphatic rings. The number of hydrogen-bond donors (Lipinski definition) is 3. The van der Waals surface area contributed by atoms with Crippen LogP contribution < -0.4 is 0 Å². The molecular weight excluding hydrogens is 484 g/mol. The van der Waals surface area contributed by atoms with Crippen molar-refractivity contribution in [2.24, 2.45) is 34.5 Å². The van der Waals surface area contributed by atoms with E-state index in [0.717, 1.165) is 12.8 Å². The number of fused-ring (bicyclic) bond motifs is 7. The van der Waals surface area contributed by atoms with Gasteiger partial charge < -0.3 is 43.7 Å². The van der Waals surface area contributed by atoms with Crippen molar-refractivity contribution in [3.05, 3.63) is 0 Å². The van der Waals surface area contributed by atoms with Crippen LogP contribution in [0.15, 0.2) is 0 Å². The van der Waals surface area contributed by atoms with Gasteiger partial charge in [-0.2, -0.15) is 0 Å². The molecule has 7 fully saturated rings. The van der Waals surface area contributed by atoms with Crippen LogP contribution >= 0.6 is 0 Å². The summed E-state index contributed by atoms with van der Waals surface area (Å²) < 4.78 is 36.2. The van der Waals surface area contributed by atoms with Crippen LogP contribution in [0.5, 0.6) is 0 Å². The molecule has 37 heavy (non-hydrogen) atoms. The van der Waals surface area contributed by atoms with Gasteiger partial charge in [0.2, 0.25) is 5.79 Å². The molecule has 4 aliphatic carbocycles. The van der Waals surface area contributed by atoms with Gasteiger partial charge in [-0.3, -0.25) is 4.79 Å². The quantitative estimate of drug-likeness (QED) is 0.493. The predicted octanol–water partition coefficient (Wildman–Crippen LogP) is 2.00. The van der Waals surface area contributed by atoms with Crippen molar-refractivity contribution in [1.29, 1.82) is 0 Å². The van der Waals surface area contributed by atoms with Crippen molar-refractivity contribution < 1.29 is 48.5 Å². The first kappa shape index (κ1) is 25.1. The third-order valence-corrected chi connectivity index (χ3v) is 12.2. The molecular formula is C27H40O10. The molecule has 3 N–H and O–H groups in total. The standard InChI is InChI=1S/C27H40O10/c1-22-5-6-24(33-7-8-34-24)12-25(22,31)16(10-20(29)30)9-17-18-3-4-26(23(18,2)11-19(28)21(17)22)27(37-15-35-26)13-32-14-36-27/h16-19,21,28,31H,3-15H2,1-2H3,(H,29,30)/t16-,17-,18-,19-,21+,22+,23-,25-,26+,27?/m0/s1. The molecule has 0 aromatic carbocycles. The molecule has 208 valence electrons. The lowest BCUT2D eigenvalue weighted by Crippen LogP contribution is -2.72. The molecule has 0 bridgehead atoms. The zero-order valence-electron chi connectivity index (χ0n) is 21.8. The van der Waals surface area contributed by atoms with Gasteiger partial charge in [0, 0.05) is 23.7 Å². The zero-order valence-corrected chi connectivity index (χ0v) is 21.8. The van der Waals surface area contributed by atoms with Crippen LogP contribution in [0.1, 0.15) is 65.2 Å². The average molecular weight is 525 g/mol. The first-order valence-corrected chi connectivity index (χ1v) is 13.9. The Morgan fingerprint density at radius 3 is 2.43 bits per heavy atom. The molecule has 10 atom stereocenters. The number of aliphatic hydroxyl groups excluding tert-OH is 1. The Balaban J connectivity index is 1.29. The summed E-state index contributed by atoms with van der Waals surface area (Å²) in [6.07, 6.45) is 3.26. The monoisotopic (exact) mass is 524 g/mol. The molecule has 10 nitrogen and oxygen atoms in total. The number of hydrogen-bond acceptors (Lipinski definition) is 9. The van der Waals surface area contributed by atoms with Crippen molar-refractivity contribution in [2.45, 2.75) is 94.1 Å². The lowest BCUT2D eigenvalue weighted by molar-refractivity contribution is -0.320. The molecule has 0 radical (unpaired) electrons. The molecule has 0 aromatic heterocycles. The summed E-state index contributed by atoms with van der Waals surface area (Å²) in [6, 6.07) is 0. The lowest BCUT2D eigenvalue weighted by atomic mass is 9.39. The predicted molar refractivity (Wildman–Crippen MR) is 125 cm³/mol. The van der Waals surface area contributed by atoms with Crippen molar-refractivity contribution in [3.63, 3.8) is 0 Å². The minimum Gasteiger partial charge on any atom is -0.481 e. The van der Waals surface area contributed by atoms with Crippen LogP contribution in [0.3, 0.4) is 0 Å². The molecule has 10 heteroatoms. The SMILES string of the molecule is C[C@]12C[C@H](O)[C@H]3[C@@H](C[C@@H](CC(=O)O)[C@@]4(O)CC5(CC[C@]34C)OCCO5)[C@@H]1CC[C@@]21OCOC12COCO2. The summed E-state index contributed by atoms with van der Waals surface area (Å²) in [6.45, 7) is 5.78. The fourth-order valence-corrected chi connectivity index (χ4v) is 10.7. The molecule has 4 saturated carbocycles. The van der Waals surface area contributed by atoms with Gasteiger partial charge in [-0.1, -0.05) is 13.8 Å². The van der Waals surface area contributed by atoms with Crippen LogP contribution in [0.4, 0.5) is 0 Å². The first-order chi connectivity index (χ1) is 17.5. The lowest BCUT2D eigenvalue weighted by Gasteiger charge is -2.68. The highest BCUT2D eigenvalue weighted by Crippen LogP contribution is 2.74. The van der Waals surface area contributed by atoms with E-state index in [2.05, 4.69) is 13.8 Å². The second kappa shape index (κ2) is 7.87. The largest absolute Gasteiger partial charge is 0.481 e. The van der Waals surface area contributed by atoms with E-state index in [1.54, 1.807) is 0 Å². The van der Waals surface area contributed by atoms with Crippen LogP contribution in [-0.4, -0.2) is 83.6 Å². The van der Waals surface area contributed by atoms with Gasteiger partial charge in [-0.05, 0) is 55.8 Å². The summed E-state index contributed by atoms with van der Waals surface area (Å²) in [5.74, 6) is -3.23. The van der Waals surface area contributed by atoms with Gasteiger partial charge in [-0.25, -0.2) is 0 Å². The van der Waals surface area contributed by atoms with Crippen LogP contribution in [0.2, 0.25) is 0 Å². The number of aliphatic carboxylic acids is 1. The average Bonchev–Trinajstić information content (AvgIpc) is 3.61. The van der Waals surface area contributed by atoms with Crippen molar-refractivity contribution in [2.75, 3.05) is 33.4 Å². The second-order valence-electron chi connectivity index (χ2n) is 13.3. The van der Waals surface area contributed by atoms with Crippen molar-refractivity contribution >= 4 is 5.97 Å². The normalized spacial score (nSPS) is 56.1. The number of carboxylic acids is 1. The Labute approximate surface area is 216 Å². The fourth-order valence-electron chi connectivity index (χ4n) is 10.7. The van der Waals surface area contributed by atoms with E-state index in [4.69, 9.17) is 28.4 Å². The Kier molecular flexibility index (Phi) is 5.35. The fraction of sp³-hybridized carbons (Fsp3) is 0.963. The Bertz CT molecular complexity index is 955. The first-order valence-electron chi connectivity index (χ1n) is 13.9. The summed E-state index contributed by atoms with van der Waals surface area (Å²) in [5, 5.41) is 34.4. The zero-order chi connectivity index (χ0) is 25.9. The second-order valence-corrected chi connectivity index (χ2v) is 13.3. The maximum atomic E-state index is 12.5. The van der Waals surface area contributed by atoms with E-state index in [1.165, 1.54) is 0 Å². The van der Waals surface area contributed by atoms with E-state index in [1.807, 2.05) is 0 Å². The molecule has 3 spiro atoms. The van der Waals surface area contributed by atoms with E-state index in [-0.39, 0.29) is 44.2 Å². The van der Waals surface area contributed by atoms with Crippen molar-refractivity contribution in [3.8, 4) is 0 Å². The smallest absolute Gasteiger partial charge is 0.303 e. The van der Waals surface area contributed by atoms with Crippen LogP contribution in [0.25, 0.3) is 0 Å². The number of rotatable bonds is 2. The van der Waals surface area contributed by atoms with E-state index >= 15 is 0 Å². The van der Waals surface area contributed by atoms with Gasteiger partial charge in [-0.15, -0.1) is 0 Å². The van der Waals surface area contributed by atoms with Crippen LogP contribution in [-0.2, 0) is 33.2 Å². The Morgan fingerprint density at radius 2 is 1.73 bits per heavy atom. The summed E-state index contributed by atoms with van der Waals surface area (Å²) in [7, 11) is 0. The summed E-state index contributed by atoms with van der Waals surface area (Å²) >= 11 is 0. The Hall–Kier alpha value is -0.850. The van der Waals surface area contributed by atoms with Crippen LogP contribution in [0, 0.1) is 34.5 Å². The number of ether oxygens (including phenoxy) is 6. The van der Waals surface area contributed by atoms with Gasteiger partial charge in [0.15, 0.2) is 19.4 Å². The number of carbonyl (C=O) groups is 1. The van der Waals surface area contributed by atoms with E-state index < -0.39 is 51.6 Å². The molecule has 3 heterocycles. The van der Waals surface area contributed by atoms with Crippen molar-refractivity contribution in [1.82, 2.24) is 0 Å². The highest BCUT2D eigenvalue weighted by Gasteiger charge is 2.79. The summed E-state index contributed by atoms with van der Waals surface area (Å²) in [4.78, 5) is 12.1. The third-order valence-electron chi connectivity index (χ3n) is 12.2. The molecule has 3 aliphatic heterocycles. The molecule has 7 rings (SSSR count). The van der Waals surface area contributed by atoms with E-state index in [9.17, 15) is 20.1 Å². The van der Waals surface area contributed by atoms with Gasteiger partial charge >= 0.3 is 5.97 Å². The molecule has 0 aromatic rings. The summed E-state index contributed by atoms with van der Waals surface area (Å²) in [5.41, 5.74) is -3.20. The maximum Gasteiger partial charge on any atom is 0.303 e. The minimum absolute atomic E-state index is 0.0331.